The Labute approximate surface area is 156 Å². The normalized spacial score (nSPS) is 25.5. The summed E-state index contributed by atoms with van der Waals surface area (Å²) < 4.78 is 38.4. The van der Waals surface area contributed by atoms with Crippen molar-refractivity contribution in [2.24, 2.45) is 0 Å². The second-order valence-electron chi connectivity index (χ2n) is 7.69. The minimum atomic E-state index is -4.27. The summed E-state index contributed by atoms with van der Waals surface area (Å²) in [4.78, 5) is 13.6. The number of aliphatic hydroxyl groups is 1. The molecule has 3 rings (SSSR count). The summed E-state index contributed by atoms with van der Waals surface area (Å²) in [6, 6.07) is 8.40. The van der Waals surface area contributed by atoms with Gasteiger partial charge in [0.05, 0.1) is 18.2 Å². The Morgan fingerprint density at radius 1 is 1.19 bits per heavy atom. The van der Waals surface area contributed by atoms with Gasteiger partial charge in [0.1, 0.15) is 0 Å². The Kier molecular flexibility index (Phi) is 5.95. The van der Waals surface area contributed by atoms with Crippen molar-refractivity contribution in [3.63, 3.8) is 0 Å². The summed E-state index contributed by atoms with van der Waals surface area (Å²) in [5, 5.41) is 15.8. The summed E-state index contributed by atoms with van der Waals surface area (Å²) in [5.41, 5.74) is 0.0376. The number of rotatable bonds is 5. The van der Waals surface area contributed by atoms with E-state index in [4.69, 9.17) is 0 Å². The van der Waals surface area contributed by atoms with Crippen LogP contribution in [0.1, 0.15) is 37.2 Å². The fraction of sp³-hybridized carbons (Fsp3) is 0.632. The molecular formula is C19H26F3N3O2. The number of halogens is 3. The molecule has 2 fully saturated rings. The fourth-order valence-corrected chi connectivity index (χ4v) is 4.13. The lowest BCUT2D eigenvalue weighted by molar-refractivity contribution is -0.143. The average molecular weight is 385 g/mol. The van der Waals surface area contributed by atoms with Crippen LogP contribution < -0.4 is 10.6 Å². The van der Waals surface area contributed by atoms with Gasteiger partial charge in [0.15, 0.2) is 0 Å². The molecule has 3 N–H and O–H groups in total. The minimum absolute atomic E-state index is 0.136. The van der Waals surface area contributed by atoms with E-state index in [-0.39, 0.29) is 25.6 Å². The van der Waals surface area contributed by atoms with E-state index in [0.29, 0.717) is 12.8 Å². The van der Waals surface area contributed by atoms with Crippen molar-refractivity contribution in [2.45, 2.75) is 49.4 Å². The number of nitrogens with one attached hydrogen (secondary N) is 2. The largest absolute Gasteiger partial charge is 0.401 e. The number of carbonyl (C=O) groups excluding carboxylic acids is 1. The van der Waals surface area contributed by atoms with Gasteiger partial charge in [0, 0.05) is 25.6 Å². The number of hydrogen-bond donors (Lipinski definition) is 3. The van der Waals surface area contributed by atoms with Crippen LogP contribution >= 0.6 is 0 Å². The van der Waals surface area contributed by atoms with Gasteiger partial charge >= 0.3 is 12.2 Å². The molecule has 5 nitrogen and oxygen atoms in total. The highest BCUT2D eigenvalue weighted by atomic mass is 19.4. The van der Waals surface area contributed by atoms with Gasteiger partial charge in [-0.05, 0) is 18.4 Å². The van der Waals surface area contributed by atoms with Gasteiger partial charge in [-0.15, -0.1) is 0 Å². The van der Waals surface area contributed by atoms with Gasteiger partial charge in [-0.3, -0.25) is 4.90 Å². The van der Waals surface area contributed by atoms with Crippen LogP contribution in [0.5, 0.6) is 0 Å². The number of hydrogen-bond acceptors (Lipinski definition) is 3. The lowest BCUT2D eigenvalue weighted by Crippen LogP contribution is -2.49. The van der Waals surface area contributed by atoms with Crippen LogP contribution in [0, 0.1) is 0 Å². The molecule has 0 aromatic heterocycles. The van der Waals surface area contributed by atoms with E-state index in [1.54, 1.807) is 0 Å². The molecule has 0 radical (unpaired) electrons. The third-order valence-corrected chi connectivity index (χ3v) is 5.45. The average Bonchev–Trinajstić information content (AvgIpc) is 3.19. The zero-order valence-corrected chi connectivity index (χ0v) is 15.1. The molecule has 150 valence electrons. The molecule has 1 saturated carbocycles. The van der Waals surface area contributed by atoms with Crippen LogP contribution in [0.2, 0.25) is 0 Å². The first-order valence-corrected chi connectivity index (χ1v) is 9.35. The van der Waals surface area contributed by atoms with Crippen LogP contribution in [0.4, 0.5) is 18.0 Å². The van der Waals surface area contributed by atoms with Crippen LogP contribution in [-0.4, -0.2) is 60.0 Å². The molecule has 2 aliphatic rings. The van der Waals surface area contributed by atoms with Gasteiger partial charge in [-0.2, -0.15) is 13.2 Å². The first-order chi connectivity index (χ1) is 12.7. The fourth-order valence-electron chi connectivity index (χ4n) is 4.13. The minimum Gasteiger partial charge on any atom is -0.388 e. The molecular weight excluding hydrogens is 359 g/mol. The molecule has 2 atom stereocenters. The Hall–Kier alpha value is -1.80. The molecule has 1 aliphatic carbocycles. The maximum absolute atomic E-state index is 12.8. The Morgan fingerprint density at radius 2 is 1.85 bits per heavy atom. The van der Waals surface area contributed by atoms with Crippen molar-refractivity contribution < 1.29 is 23.1 Å². The number of likely N-dealkylation sites (tertiary alicyclic amines) is 1. The Bertz CT molecular complexity index is 633. The number of alkyl halides is 3. The monoisotopic (exact) mass is 385 g/mol. The lowest BCUT2D eigenvalue weighted by atomic mass is 9.94. The lowest BCUT2D eigenvalue weighted by Gasteiger charge is -2.25. The molecule has 27 heavy (non-hydrogen) atoms. The smallest absolute Gasteiger partial charge is 0.388 e. The number of nitrogens with zero attached hydrogens (tertiary/aromatic N) is 1. The van der Waals surface area contributed by atoms with Crippen molar-refractivity contribution in [3.8, 4) is 0 Å². The van der Waals surface area contributed by atoms with E-state index >= 15 is 0 Å². The molecule has 8 heteroatoms. The Balaban J connectivity index is 1.62. The molecule has 0 spiro atoms. The molecule has 2 amide bonds. The quantitative estimate of drug-likeness (QED) is 0.730. The third-order valence-electron chi connectivity index (χ3n) is 5.45. The standard InChI is InChI=1S/C19H26F3N3O2/c20-19(21,22)13-25-10-15(14-6-2-1-3-7-14)16(11-25)24-17(26)23-12-18(27)8-4-5-9-18/h1-3,6-7,15-16,27H,4-5,8-13H2,(H2,23,24,26)/t15-,16+/m0/s1. The van der Waals surface area contributed by atoms with Gasteiger partial charge in [-0.1, -0.05) is 43.2 Å². The van der Waals surface area contributed by atoms with Gasteiger partial charge in [-0.25, -0.2) is 4.79 Å². The number of urea groups is 1. The van der Waals surface area contributed by atoms with E-state index in [1.807, 2.05) is 30.3 Å². The van der Waals surface area contributed by atoms with Gasteiger partial charge in [0.25, 0.3) is 0 Å². The summed E-state index contributed by atoms with van der Waals surface area (Å²) in [6.07, 6.45) is -1.09. The maximum Gasteiger partial charge on any atom is 0.401 e. The second kappa shape index (κ2) is 8.06. The van der Waals surface area contributed by atoms with Gasteiger partial charge < -0.3 is 15.7 Å². The van der Waals surface area contributed by atoms with E-state index in [9.17, 15) is 23.1 Å². The predicted octanol–water partition coefficient (Wildman–Crippen LogP) is 2.62. The van der Waals surface area contributed by atoms with Crippen LogP contribution in [0.15, 0.2) is 30.3 Å². The maximum atomic E-state index is 12.8. The topological polar surface area (TPSA) is 64.6 Å². The summed E-state index contributed by atoms with van der Waals surface area (Å²) >= 11 is 0. The molecule has 1 aromatic carbocycles. The van der Waals surface area contributed by atoms with Gasteiger partial charge in [0.2, 0.25) is 0 Å². The number of amides is 2. The summed E-state index contributed by atoms with van der Waals surface area (Å²) in [6.45, 7) is -0.459. The van der Waals surface area contributed by atoms with E-state index in [2.05, 4.69) is 10.6 Å². The predicted molar refractivity (Wildman–Crippen MR) is 95.4 cm³/mol. The SMILES string of the molecule is O=C(NCC1(O)CCCC1)N[C@@H]1CN(CC(F)(F)F)C[C@H]1c1ccccc1. The number of benzene rings is 1. The van der Waals surface area contributed by atoms with Crippen LogP contribution in [0.25, 0.3) is 0 Å². The summed E-state index contributed by atoms with van der Waals surface area (Å²) in [7, 11) is 0. The molecule has 0 bridgehead atoms. The highest BCUT2D eigenvalue weighted by Crippen LogP contribution is 2.30. The van der Waals surface area contributed by atoms with E-state index in [0.717, 1.165) is 18.4 Å². The molecule has 1 saturated heterocycles. The van der Waals surface area contributed by atoms with Crippen LogP contribution in [-0.2, 0) is 0 Å². The van der Waals surface area contributed by atoms with Crippen molar-refractivity contribution in [3.05, 3.63) is 35.9 Å². The highest BCUT2D eigenvalue weighted by Gasteiger charge is 2.40. The van der Waals surface area contributed by atoms with E-state index < -0.39 is 30.4 Å². The van der Waals surface area contributed by atoms with Crippen molar-refractivity contribution >= 4 is 6.03 Å². The molecule has 0 unspecified atom stereocenters. The summed E-state index contributed by atoms with van der Waals surface area (Å²) in [5.74, 6) is -0.214. The number of carbonyl (C=O) groups is 1. The van der Waals surface area contributed by atoms with Crippen molar-refractivity contribution in [1.82, 2.24) is 15.5 Å². The zero-order valence-electron chi connectivity index (χ0n) is 15.1. The Morgan fingerprint density at radius 3 is 2.48 bits per heavy atom. The third kappa shape index (κ3) is 5.59. The van der Waals surface area contributed by atoms with E-state index in [1.165, 1.54) is 4.90 Å². The molecule has 1 aromatic rings. The highest BCUT2D eigenvalue weighted by molar-refractivity contribution is 5.74. The first-order valence-electron chi connectivity index (χ1n) is 9.35. The first kappa shape index (κ1) is 19.9. The van der Waals surface area contributed by atoms with Crippen molar-refractivity contribution in [1.29, 1.82) is 0 Å². The second-order valence-corrected chi connectivity index (χ2v) is 7.69. The molecule has 1 heterocycles. The van der Waals surface area contributed by atoms with Crippen molar-refractivity contribution in [2.75, 3.05) is 26.2 Å². The molecule has 1 aliphatic heterocycles. The van der Waals surface area contributed by atoms with Crippen LogP contribution in [0.3, 0.4) is 0 Å². The zero-order chi connectivity index (χ0) is 19.5.